The molecule has 4 rings (SSSR count). The summed E-state index contributed by atoms with van der Waals surface area (Å²) in [4.78, 5) is 21.2. The van der Waals surface area contributed by atoms with Gasteiger partial charge in [-0.05, 0) is 19.9 Å². The molecule has 0 amide bonds. The van der Waals surface area contributed by atoms with E-state index in [1.807, 2.05) is 29.9 Å². The maximum atomic E-state index is 13.5. The number of hydrogen-bond acceptors (Lipinski definition) is 4. The molecular weight excluding hydrogens is 358 g/mol. The zero-order valence-electron chi connectivity index (χ0n) is 14.0. The van der Waals surface area contributed by atoms with Crippen molar-refractivity contribution in [2.75, 3.05) is 0 Å². The van der Waals surface area contributed by atoms with Gasteiger partial charge in [0.1, 0.15) is 0 Å². The summed E-state index contributed by atoms with van der Waals surface area (Å²) in [6.07, 6.45) is 3.13. The molecule has 26 heavy (non-hydrogen) atoms. The zero-order chi connectivity index (χ0) is 18.4. The summed E-state index contributed by atoms with van der Waals surface area (Å²) in [5.74, 6) is -2.06. The predicted octanol–water partition coefficient (Wildman–Crippen LogP) is 4.06. The Morgan fingerprint density at radius 3 is 2.65 bits per heavy atom. The standard InChI is InChI=1S/C18H14F2N4OS/c1-10-5-12(11(2)24(10)18-21-3-4-26-18)17(25)8-23-9-22-15-6-13(19)14(20)7-16(15)23/h3-7,9H,8H2,1-2H3. The topological polar surface area (TPSA) is 52.7 Å². The second-order valence-corrected chi connectivity index (χ2v) is 6.86. The first-order valence-corrected chi connectivity index (χ1v) is 8.75. The summed E-state index contributed by atoms with van der Waals surface area (Å²) in [6.45, 7) is 3.77. The fourth-order valence-corrected chi connectivity index (χ4v) is 3.84. The van der Waals surface area contributed by atoms with E-state index in [4.69, 9.17) is 0 Å². The molecular formula is C18H14F2N4OS. The third-order valence-electron chi connectivity index (χ3n) is 4.32. The summed E-state index contributed by atoms with van der Waals surface area (Å²) in [5.41, 5.74) is 2.96. The van der Waals surface area contributed by atoms with Crippen molar-refractivity contribution in [2.24, 2.45) is 0 Å². The Morgan fingerprint density at radius 2 is 1.92 bits per heavy atom. The first-order valence-electron chi connectivity index (χ1n) is 7.87. The lowest BCUT2D eigenvalue weighted by molar-refractivity contribution is 0.0973. The highest BCUT2D eigenvalue weighted by Gasteiger charge is 2.19. The van der Waals surface area contributed by atoms with Crippen molar-refractivity contribution in [3.8, 4) is 5.13 Å². The number of Topliss-reactive ketones (excluding diaryl/α,β-unsaturated/α-hetero) is 1. The van der Waals surface area contributed by atoms with Crippen LogP contribution in [0.25, 0.3) is 16.2 Å². The van der Waals surface area contributed by atoms with E-state index in [9.17, 15) is 13.6 Å². The third-order valence-corrected chi connectivity index (χ3v) is 5.08. The number of halogens is 2. The molecule has 0 radical (unpaired) electrons. The van der Waals surface area contributed by atoms with E-state index in [1.54, 1.807) is 6.20 Å². The summed E-state index contributed by atoms with van der Waals surface area (Å²) < 4.78 is 30.3. The number of carbonyl (C=O) groups is 1. The van der Waals surface area contributed by atoms with Gasteiger partial charge in [0, 0.05) is 40.7 Å². The van der Waals surface area contributed by atoms with Crippen LogP contribution in [0.15, 0.2) is 36.1 Å². The number of hydrogen-bond donors (Lipinski definition) is 0. The average Bonchev–Trinajstić information content (AvgIpc) is 3.30. The number of benzene rings is 1. The summed E-state index contributed by atoms with van der Waals surface area (Å²) in [6, 6.07) is 3.90. The number of aryl methyl sites for hydroxylation is 1. The third kappa shape index (κ3) is 2.62. The van der Waals surface area contributed by atoms with Crippen molar-refractivity contribution in [3.05, 3.63) is 64.7 Å². The van der Waals surface area contributed by atoms with Crippen LogP contribution in [0.3, 0.4) is 0 Å². The normalized spacial score (nSPS) is 11.4. The molecule has 4 aromatic rings. The van der Waals surface area contributed by atoms with Gasteiger partial charge in [0.2, 0.25) is 0 Å². The zero-order valence-corrected chi connectivity index (χ0v) is 14.8. The lowest BCUT2D eigenvalue weighted by atomic mass is 10.1. The van der Waals surface area contributed by atoms with Gasteiger partial charge < -0.3 is 4.57 Å². The Bertz CT molecular complexity index is 1130. The van der Waals surface area contributed by atoms with Gasteiger partial charge in [-0.15, -0.1) is 11.3 Å². The summed E-state index contributed by atoms with van der Waals surface area (Å²) in [7, 11) is 0. The molecule has 3 aromatic heterocycles. The molecule has 0 aliphatic carbocycles. The summed E-state index contributed by atoms with van der Waals surface area (Å²) >= 11 is 1.49. The molecule has 0 saturated carbocycles. The highest BCUT2D eigenvalue weighted by Crippen LogP contribution is 2.24. The number of nitrogens with zero attached hydrogens (tertiary/aromatic N) is 4. The molecule has 0 unspecified atom stereocenters. The van der Waals surface area contributed by atoms with Gasteiger partial charge in [0.15, 0.2) is 22.5 Å². The highest BCUT2D eigenvalue weighted by molar-refractivity contribution is 7.12. The lowest BCUT2D eigenvalue weighted by Gasteiger charge is -2.06. The van der Waals surface area contributed by atoms with Gasteiger partial charge in [0.25, 0.3) is 0 Å². The number of aromatic nitrogens is 4. The van der Waals surface area contributed by atoms with Crippen LogP contribution in [0.1, 0.15) is 21.7 Å². The van der Waals surface area contributed by atoms with Crippen molar-refractivity contribution in [3.63, 3.8) is 0 Å². The molecule has 0 spiro atoms. The number of fused-ring (bicyclic) bond motifs is 1. The molecule has 8 heteroatoms. The van der Waals surface area contributed by atoms with E-state index in [0.717, 1.165) is 28.7 Å². The van der Waals surface area contributed by atoms with Gasteiger partial charge >= 0.3 is 0 Å². The number of carbonyl (C=O) groups excluding carboxylic acids is 1. The van der Waals surface area contributed by atoms with Gasteiger partial charge in [-0.2, -0.15) is 0 Å². The maximum absolute atomic E-state index is 13.5. The minimum atomic E-state index is -0.964. The smallest absolute Gasteiger partial charge is 0.193 e. The number of imidazole rings is 1. The fourth-order valence-electron chi connectivity index (χ4n) is 3.09. The fraction of sp³-hybridized carbons (Fsp3) is 0.167. The van der Waals surface area contributed by atoms with Crippen molar-refractivity contribution >= 4 is 28.2 Å². The molecule has 5 nitrogen and oxygen atoms in total. The van der Waals surface area contributed by atoms with E-state index in [2.05, 4.69) is 9.97 Å². The van der Waals surface area contributed by atoms with Gasteiger partial charge in [0.05, 0.1) is 23.9 Å². The minimum absolute atomic E-state index is 0.0102. The van der Waals surface area contributed by atoms with Crippen LogP contribution in [-0.4, -0.2) is 24.9 Å². The minimum Gasteiger partial charge on any atom is -0.323 e. The predicted molar refractivity (Wildman–Crippen MR) is 94.9 cm³/mol. The van der Waals surface area contributed by atoms with Crippen molar-refractivity contribution in [2.45, 2.75) is 20.4 Å². The molecule has 0 saturated heterocycles. The van der Waals surface area contributed by atoms with Crippen molar-refractivity contribution < 1.29 is 13.6 Å². The van der Waals surface area contributed by atoms with Gasteiger partial charge in [-0.1, -0.05) is 0 Å². The molecule has 1 aromatic carbocycles. The first kappa shape index (κ1) is 16.6. The number of ketones is 1. The second kappa shape index (κ2) is 6.14. The Kier molecular flexibility index (Phi) is 3.91. The molecule has 0 N–H and O–H groups in total. The molecule has 0 bridgehead atoms. The monoisotopic (exact) mass is 372 g/mol. The van der Waals surface area contributed by atoms with Crippen LogP contribution in [0.5, 0.6) is 0 Å². The largest absolute Gasteiger partial charge is 0.323 e. The Hall–Kier alpha value is -2.87. The molecule has 0 aliphatic rings. The van der Waals surface area contributed by atoms with E-state index < -0.39 is 11.6 Å². The van der Waals surface area contributed by atoms with Crippen molar-refractivity contribution in [1.29, 1.82) is 0 Å². The molecule has 0 atom stereocenters. The van der Waals surface area contributed by atoms with E-state index >= 15 is 0 Å². The molecule has 0 aliphatic heterocycles. The van der Waals surface area contributed by atoms with Crippen LogP contribution in [0.4, 0.5) is 8.78 Å². The molecule has 3 heterocycles. The maximum Gasteiger partial charge on any atom is 0.193 e. The first-order chi connectivity index (χ1) is 12.5. The SMILES string of the molecule is Cc1cc(C(=O)Cn2cnc3cc(F)c(F)cc32)c(C)n1-c1nccs1. The molecule has 132 valence electrons. The van der Waals surface area contributed by atoms with E-state index in [0.29, 0.717) is 16.6 Å². The highest BCUT2D eigenvalue weighted by atomic mass is 32.1. The van der Waals surface area contributed by atoms with Crippen molar-refractivity contribution in [1.82, 2.24) is 19.1 Å². The van der Waals surface area contributed by atoms with Crippen LogP contribution in [-0.2, 0) is 6.54 Å². The average molecular weight is 372 g/mol. The van der Waals surface area contributed by atoms with Crippen LogP contribution < -0.4 is 0 Å². The van der Waals surface area contributed by atoms with Crippen LogP contribution >= 0.6 is 11.3 Å². The summed E-state index contributed by atoms with van der Waals surface area (Å²) in [5, 5.41) is 2.67. The second-order valence-electron chi connectivity index (χ2n) is 5.99. The Morgan fingerprint density at radius 1 is 1.15 bits per heavy atom. The van der Waals surface area contributed by atoms with Crippen LogP contribution in [0.2, 0.25) is 0 Å². The van der Waals surface area contributed by atoms with E-state index in [1.165, 1.54) is 22.2 Å². The quantitative estimate of drug-likeness (QED) is 0.508. The molecule has 0 fully saturated rings. The lowest BCUT2D eigenvalue weighted by Crippen LogP contribution is -2.11. The van der Waals surface area contributed by atoms with Gasteiger partial charge in [-0.25, -0.2) is 18.7 Å². The van der Waals surface area contributed by atoms with E-state index in [-0.39, 0.29) is 12.3 Å². The van der Waals surface area contributed by atoms with Crippen LogP contribution in [0, 0.1) is 25.5 Å². The number of rotatable bonds is 4. The number of thiazole rings is 1. The van der Waals surface area contributed by atoms with Gasteiger partial charge in [-0.3, -0.25) is 9.36 Å². The Labute approximate surface area is 151 Å². The Balaban J connectivity index is 1.70.